The number of ketones is 1. The first kappa shape index (κ1) is 15.5. The molecule has 0 unspecified atom stereocenters. The van der Waals surface area contributed by atoms with Crippen LogP contribution in [0.3, 0.4) is 0 Å². The van der Waals surface area contributed by atoms with E-state index < -0.39 is 0 Å². The lowest BCUT2D eigenvalue weighted by Crippen LogP contribution is -2.01. The molecule has 0 saturated heterocycles. The van der Waals surface area contributed by atoms with E-state index >= 15 is 0 Å². The third-order valence-electron chi connectivity index (χ3n) is 3.42. The third kappa shape index (κ3) is 3.62. The normalized spacial score (nSPS) is 10.9. The summed E-state index contributed by atoms with van der Waals surface area (Å²) in [5.74, 6) is 0.388. The van der Waals surface area contributed by atoms with E-state index in [9.17, 15) is 10.1 Å². The Balaban J connectivity index is 2.27. The largest absolute Gasteiger partial charge is 0.497 e. The van der Waals surface area contributed by atoms with Crippen molar-refractivity contribution in [2.45, 2.75) is 13.3 Å². The molecule has 22 heavy (non-hydrogen) atoms. The van der Waals surface area contributed by atoms with Crippen LogP contribution in [0.15, 0.2) is 54.1 Å². The Hall–Kier alpha value is -2.86. The smallest absolute Gasteiger partial charge is 0.203 e. The summed E-state index contributed by atoms with van der Waals surface area (Å²) in [5.41, 5.74) is 2.65. The molecular formula is C19H17NO2. The summed E-state index contributed by atoms with van der Waals surface area (Å²) >= 11 is 0. The first-order valence-electron chi connectivity index (χ1n) is 7.07. The van der Waals surface area contributed by atoms with Crippen molar-refractivity contribution in [2.24, 2.45) is 0 Å². The summed E-state index contributed by atoms with van der Waals surface area (Å²) in [5, 5.41) is 9.26. The first-order valence-corrected chi connectivity index (χ1v) is 7.07. The van der Waals surface area contributed by atoms with Gasteiger partial charge in [-0.05, 0) is 47.9 Å². The SMILES string of the molecule is CCc1ccc(/C=C(\C#N)C(=O)c2ccc(OC)cc2)cc1. The van der Waals surface area contributed by atoms with Crippen molar-refractivity contribution in [1.82, 2.24) is 0 Å². The molecule has 0 bridgehead atoms. The second-order valence-electron chi connectivity index (χ2n) is 4.82. The summed E-state index contributed by atoms with van der Waals surface area (Å²) in [4.78, 5) is 12.4. The van der Waals surface area contributed by atoms with E-state index in [0.717, 1.165) is 12.0 Å². The van der Waals surface area contributed by atoms with Gasteiger partial charge in [-0.1, -0.05) is 31.2 Å². The minimum atomic E-state index is -0.287. The number of aryl methyl sites for hydroxylation is 1. The Labute approximate surface area is 130 Å². The van der Waals surface area contributed by atoms with Crippen LogP contribution in [0.2, 0.25) is 0 Å². The van der Waals surface area contributed by atoms with Crippen LogP contribution in [0.1, 0.15) is 28.4 Å². The third-order valence-corrected chi connectivity index (χ3v) is 3.42. The van der Waals surface area contributed by atoms with E-state index in [1.165, 1.54) is 5.56 Å². The van der Waals surface area contributed by atoms with Crippen molar-refractivity contribution in [3.8, 4) is 11.8 Å². The number of nitrogens with zero attached hydrogens (tertiary/aromatic N) is 1. The molecule has 0 aliphatic heterocycles. The summed E-state index contributed by atoms with van der Waals surface area (Å²) in [6.45, 7) is 2.08. The second-order valence-corrected chi connectivity index (χ2v) is 4.82. The fraction of sp³-hybridized carbons (Fsp3) is 0.158. The van der Waals surface area contributed by atoms with Crippen LogP contribution >= 0.6 is 0 Å². The molecule has 0 spiro atoms. The number of methoxy groups -OCH3 is 1. The van der Waals surface area contributed by atoms with Crippen LogP contribution in [-0.4, -0.2) is 12.9 Å². The quantitative estimate of drug-likeness (QED) is 0.474. The van der Waals surface area contributed by atoms with Gasteiger partial charge >= 0.3 is 0 Å². The molecule has 2 rings (SSSR count). The van der Waals surface area contributed by atoms with Crippen molar-refractivity contribution in [2.75, 3.05) is 7.11 Å². The number of hydrogen-bond donors (Lipinski definition) is 0. The van der Waals surface area contributed by atoms with E-state index in [-0.39, 0.29) is 11.4 Å². The van der Waals surface area contributed by atoms with Crippen LogP contribution in [-0.2, 0) is 6.42 Å². The molecule has 0 saturated carbocycles. The topological polar surface area (TPSA) is 50.1 Å². The number of carbonyl (C=O) groups excluding carboxylic acids is 1. The summed E-state index contributed by atoms with van der Waals surface area (Å²) in [6, 6.07) is 16.5. The zero-order valence-electron chi connectivity index (χ0n) is 12.7. The zero-order chi connectivity index (χ0) is 15.9. The number of allylic oxidation sites excluding steroid dienone is 1. The maximum absolute atomic E-state index is 12.4. The number of carbonyl (C=O) groups is 1. The maximum Gasteiger partial charge on any atom is 0.203 e. The number of ether oxygens (including phenoxy) is 1. The van der Waals surface area contributed by atoms with Gasteiger partial charge in [0.2, 0.25) is 5.78 Å². The summed E-state index contributed by atoms with van der Waals surface area (Å²) < 4.78 is 5.06. The van der Waals surface area contributed by atoms with Crippen molar-refractivity contribution in [3.05, 3.63) is 70.8 Å². The Kier molecular flexibility index (Phi) is 5.11. The Morgan fingerprint density at radius 3 is 2.27 bits per heavy atom. The van der Waals surface area contributed by atoms with Crippen LogP contribution in [0.4, 0.5) is 0 Å². The first-order chi connectivity index (χ1) is 10.7. The van der Waals surface area contributed by atoms with Crippen LogP contribution in [0.25, 0.3) is 6.08 Å². The van der Waals surface area contributed by atoms with Gasteiger partial charge in [-0.2, -0.15) is 5.26 Å². The van der Waals surface area contributed by atoms with Gasteiger partial charge in [0.05, 0.1) is 7.11 Å². The van der Waals surface area contributed by atoms with Crippen molar-refractivity contribution < 1.29 is 9.53 Å². The standard InChI is InChI=1S/C19H17NO2/c1-3-14-4-6-15(7-5-14)12-17(13-20)19(21)16-8-10-18(22-2)11-9-16/h4-12H,3H2,1-2H3/b17-12+. The molecule has 3 nitrogen and oxygen atoms in total. The van der Waals surface area contributed by atoms with Gasteiger partial charge in [0.25, 0.3) is 0 Å². The average molecular weight is 291 g/mol. The highest BCUT2D eigenvalue weighted by Gasteiger charge is 2.12. The highest BCUT2D eigenvalue weighted by molar-refractivity contribution is 6.14. The lowest BCUT2D eigenvalue weighted by atomic mass is 10.0. The Morgan fingerprint density at radius 2 is 1.77 bits per heavy atom. The molecule has 2 aromatic rings. The molecule has 3 heteroatoms. The number of benzene rings is 2. The molecule has 0 atom stereocenters. The lowest BCUT2D eigenvalue weighted by Gasteiger charge is -2.03. The molecule has 2 aromatic carbocycles. The fourth-order valence-electron chi connectivity index (χ4n) is 2.06. The monoisotopic (exact) mass is 291 g/mol. The van der Waals surface area contributed by atoms with Crippen molar-refractivity contribution in [3.63, 3.8) is 0 Å². The maximum atomic E-state index is 12.4. The molecule has 0 N–H and O–H groups in total. The summed E-state index contributed by atoms with van der Waals surface area (Å²) in [6.07, 6.45) is 2.58. The minimum absolute atomic E-state index is 0.120. The van der Waals surface area contributed by atoms with Gasteiger partial charge in [0.1, 0.15) is 17.4 Å². The predicted octanol–water partition coefficient (Wildman–Crippen LogP) is 4.05. The summed E-state index contributed by atoms with van der Waals surface area (Å²) in [7, 11) is 1.57. The predicted molar refractivity (Wildman–Crippen MR) is 86.7 cm³/mol. The van der Waals surface area contributed by atoms with E-state index in [2.05, 4.69) is 6.92 Å². The Bertz CT molecular complexity index is 720. The van der Waals surface area contributed by atoms with Gasteiger partial charge in [-0.15, -0.1) is 0 Å². The number of rotatable bonds is 5. The molecule has 0 radical (unpaired) electrons. The van der Waals surface area contributed by atoms with Crippen LogP contribution in [0, 0.1) is 11.3 Å². The number of Topliss-reactive ketones (excluding diaryl/α,β-unsaturated/α-hetero) is 1. The van der Waals surface area contributed by atoms with Gasteiger partial charge in [0.15, 0.2) is 0 Å². The Morgan fingerprint density at radius 1 is 1.14 bits per heavy atom. The highest BCUT2D eigenvalue weighted by atomic mass is 16.5. The van der Waals surface area contributed by atoms with Gasteiger partial charge in [-0.25, -0.2) is 0 Å². The highest BCUT2D eigenvalue weighted by Crippen LogP contribution is 2.16. The molecule has 0 amide bonds. The molecule has 0 heterocycles. The van der Waals surface area contributed by atoms with E-state index in [0.29, 0.717) is 11.3 Å². The van der Waals surface area contributed by atoms with E-state index in [1.54, 1.807) is 37.5 Å². The molecule has 0 fully saturated rings. The number of hydrogen-bond acceptors (Lipinski definition) is 3. The average Bonchev–Trinajstić information content (AvgIpc) is 2.59. The zero-order valence-corrected chi connectivity index (χ0v) is 12.7. The molecule has 0 aromatic heterocycles. The molecular weight excluding hydrogens is 274 g/mol. The van der Waals surface area contributed by atoms with Crippen molar-refractivity contribution >= 4 is 11.9 Å². The van der Waals surface area contributed by atoms with Crippen LogP contribution in [0.5, 0.6) is 5.75 Å². The molecule has 110 valence electrons. The minimum Gasteiger partial charge on any atom is -0.497 e. The second kappa shape index (κ2) is 7.24. The van der Waals surface area contributed by atoms with Gasteiger partial charge in [0, 0.05) is 5.56 Å². The lowest BCUT2D eigenvalue weighted by molar-refractivity contribution is 0.104. The van der Waals surface area contributed by atoms with E-state index in [4.69, 9.17) is 4.74 Å². The van der Waals surface area contributed by atoms with Crippen LogP contribution < -0.4 is 4.74 Å². The fourth-order valence-corrected chi connectivity index (χ4v) is 2.06. The van der Waals surface area contributed by atoms with Gasteiger partial charge in [-0.3, -0.25) is 4.79 Å². The molecule has 0 aliphatic carbocycles. The van der Waals surface area contributed by atoms with Crippen molar-refractivity contribution in [1.29, 1.82) is 5.26 Å². The van der Waals surface area contributed by atoms with E-state index in [1.807, 2.05) is 30.3 Å². The van der Waals surface area contributed by atoms with Gasteiger partial charge < -0.3 is 4.74 Å². The molecule has 0 aliphatic rings. The number of nitriles is 1.